The summed E-state index contributed by atoms with van der Waals surface area (Å²) in [6, 6.07) is 0.508. The van der Waals surface area contributed by atoms with E-state index in [4.69, 9.17) is 4.98 Å². The number of aryl methyl sites for hydroxylation is 2. The van der Waals surface area contributed by atoms with Crippen LogP contribution in [0.2, 0.25) is 0 Å². The molecule has 1 saturated carbocycles. The van der Waals surface area contributed by atoms with E-state index in [-0.39, 0.29) is 12.1 Å². The number of likely N-dealkylation sites (N-methyl/N-ethyl adjacent to an activating group) is 1. The molecule has 2 atom stereocenters. The van der Waals surface area contributed by atoms with Gasteiger partial charge in [-0.25, -0.2) is 4.98 Å². The second-order valence-corrected chi connectivity index (χ2v) is 6.21. The van der Waals surface area contributed by atoms with Crippen molar-refractivity contribution in [2.24, 2.45) is 0 Å². The minimum Gasteiger partial charge on any atom is -0.394 e. The number of hydrogen-bond donors (Lipinski definition) is 2. The van der Waals surface area contributed by atoms with Crippen molar-refractivity contribution in [3.63, 3.8) is 0 Å². The Balaban J connectivity index is 1.90. The van der Waals surface area contributed by atoms with E-state index in [2.05, 4.69) is 16.8 Å². The molecule has 0 bridgehead atoms. The second kappa shape index (κ2) is 4.91. The highest BCUT2D eigenvalue weighted by atomic mass is 16.3. The molecule has 3 rings (SSSR count). The summed E-state index contributed by atoms with van der Waals surface area (Å²) in [6.07, 6.45) is 8.12. The predicted molar refractivity (Wildman–Crippen MR) is 75.4 cm³/mol. The number of hydrogen-bond acceptors (Lipinski definition) is 3. The predicted octanol–water partition coefficient (Wildman–Crippen LogP) is 1.75. The maximum Gasteiger partial charge on any atom is 0.106 e. The molecule has 19 heavy (non-hydrogen) atoms. The molecule has 0 spiro atoms. The van der Waals surface area contributed by atoms with E-state index in [0.29, 0.717) is 6.04 Å². The lowest BCUT2D eigenvalue weighted by Crippen LogP contribution is -2.44. The minimum atomic E-state index is -0.0804. The van der Waals surface area contributed by atoms with Crippen molar-refractivity contribution in [3.05, 3.63) is 17.2 Å². The molecule has 2 aliphatic carbocycles. The smallest absolute Gasteiger partial charge is 0.106 e. The van der Waals surface area contributed by atoms with Gasteiger partial charge < -0.3 is 15.0 Å². The van der Waals surface area contributed by atoms with Crippen molar-refractivity contribution in [1.29, 1.82) is 0 Å². The molecular weight excluding hydrogens is 238 g/mol. The first-order valence-electron chi connectivity index (χ1n) is 7.55. The van der Waals surface area contributed by atoms with Gasteiger partial charge in [0.05, 0.1) is 12.3 Å². The SMILES string of the molecule is CNC1(CO)CCC(n2c(C)nc3c2CCCC3)C1. The molecule has 2 aliphatic rings. The third-order valence-corrected chi connectivity index (χ3v) is 5.13. The van der Waals surface area contributed by atoms with Crippen molar-refractivity contribution < 1.29 is 5.11 Å². The van der Waals surface area contributed by atoms with Crippen LogP contribution < -0.4 is 5.32 Å². The maximum absolute atomic E-state index is 9.65. The van der Waals surface area contributed by atoms with Crippen LogP contribution in [0.1, 0.15) is 55.4 Å². The molecule has 1 aromatic rings. The molecule has 0 saturated heterocycles. The van der Waals surface area contributed by atoms with Gasteiger partial charge in [0.15, 0.2) is 0 Å². The quantitative estimate of drug-likeness (QED) is 0.873. The van der Waals surface area contributed by atoms with Gasteiger partial charge in [-0.05, 0) is 58.9 Å². The van der Waals surface area contributed by atoms with Crippen LogP contribution in [0.15, 0.2) is 0 Å². The van der Waals surface area contributed by atoms with Gasteiger partial charge in [0.2, 0.25) is 0 Å². The van der Waals surface area contributed by atoms with Crippen LogP contribution in [0, 0.1) is 6.92 Å². The number of nitrogens with zero attached hydrogens (tertiary/aromatic N) is 2. The lowest BCUT2D eigenvalue weighted by Gasteiger charge is -2.27. The summed E-state index contributed by atoms with van der Waals surface area (Å²) >= 11 is 0. The molecule has 1 heterocycles. The van der Waals surface area contributed by atoms with Crippen LogP contribution in [0.3, 0.4) is 0 Å². The molecule has 106 valence electrons. The Morgan fingerprint density at radius 2 is 2.21 bits per heavy atom. The van der Waals surface area contributed by atoms with Gasteiger partial charge in [-0.3, -0.25) is 0 Å². The van der Waals surface area contributed by atoms with Crippen molar-refractivity contribution in [2.75, 3.05) is 13.7 Å². The fraction of sp³-hybridized carbons (Fsp3) is 0.800. The van der Waals surface area contributed by atoms with Gasteiger partial charge in [-0.15, -0.1) is 0 Å². The van der Waals surface area contributed by atoms with Crippen molar-refractivity contribution in [3.8, 4) is 0 Å². The van der Waals surface area contributed by atoms with Gasteiger partial charge in [-0.2, -0.15) is 0 Å². The van der Waals surface area contributed by atoms with Gasteiger partial charge in [0.1, 0.15) is 5.82 Å². The van der Waals surface area contributed by atoms with Crippen molar-refractivity contribution in [1.82, 2.24) is 14.9 Å². The molecule has 1 aromatic heterocycles. The van der Waals surface area contributed by atoms with E-state index in [1.54, 1.807) is 0 Å². The van der Waals surface area contributed by atoms with E-state index in [1.165, 1.54) is 36.5 Å². The number of nitrogens with one attached hydrogen (secondary N) is 1. The monoisotopic (exact) mass is 263 g/mol. The normalized spacial score (nSPS) is 30.6. The molecule has 0 amide bonds. The van der Waals surface area contributed by atoms with E-state index in [0.717, 1.165) is 25.7 Å². The average molecular weight is 263 g/mol. The zero-order valence-electron chi connectivity index (χ0n) is 12.1. The first-order valence-corrected chi connectivity index (χ1v) is 7.55. The Bertz CT molecular complexity index is 462. The first-order chi connectivity index (χ1) is 9.19. The molecule has 4 nitrogen and oxygen atoms in total. The van der Waals surface area contributed by atoms with E-state index in [1.807, 2.05) is 7.05 Å². The zero-order chi connectivity index (χ0) is 13.5. The third-order valence-electron chi connectivity index (χ3n) is 5.13. The van der Waals surface area contributed by atoms with Crippen LogP contribution in [0.4, 0.5) is 0 Å². The molecule has 4 heteroatoms. The molecule has 1 fully saturated rings. The Labute approximate surface area is 115 Å². The lowest BCUT2D eigenvalue weighted by molar-refractivity contribution is 0.168. The van der Waals surface area contributed by atoms with Crippen LogP contribution in [0.5, 0.6) is 0 Å². The summed E-state index contributed by atoms with van der Waals surface area (Å²) in [5, 5.41) is 13.0. The highest BCUT2D eigenvalue weighted by Crippen LogP contribution is 2.40. The van der Waals surface area contributed by atoms with E-state index < -0.39 is 0 Å². The molecule has 2 N–H and O–H groups in total. The number of fused-ring (bicyclic) bond motifs is 1. The lowest BCUT2D eigenvalue weighted by atomic mass is 9.98. The molecule has 2 unspecified atom stereocenters. The highest BCUT2D eigenvalue weighted by molar-refractivity contribution is 5.21. The molecular formula is C15H25N3O. The first kappa shape index (κ1) is 13.1. The number of rotatable bonds is 3. The van der Waals surface area contributed by atoms with Gasteiger partial charge in [0, 0.05) is 17.3 Å². The second-order valence-electron chi connectivity index (χ2n) is 6.21. The van der Waals surface area contributed by atoms with E-state index >= 15 is 0 Å². The summed E-state index contributed by atoms with van der Waals surface area (Å²) in [7, 11) is 1.97. The summed E-state index contributed by atoms with van der Waals surface area (Å²) in [4.78, 5) is 4.78. The van der Waals surface area contributed by atoms with Gasteiger partial charge in [0.25, 0.3) is 0 Å². The largest absolute Gasteiger partial charge is 0.394 e. The van der Waals surface area contributed by atoms with Gasteiger partial charge in [-0.1, -0.05) is 0 Å². The summed E-state index contributed by atoms with van der Waals surface area (Å²) in [5.41, 5.74) is 2.72. The van der Waals surface area contributed by atoms with E-state index in [9.17, 15) is 5.11 Å². The number of aliphatic hydroxyl groups is 1. The van der Waals surface area contributed by atoms with Crippen LogP contribution in [0.25, 0.3) is 0 Å². The number of aromatic nitrogens is 2. The maximum atomic E-state index is 9.65. The average Bonchev–Trinajstić information content (AvgIpc) is 2.99. The third kappa shape index (κ3) is 2.11. The molecule has 0 aliphatic heterocycles. The minimum absolute atomic E-state index is 0.0804. The van der Waals surface area contributed by atoms with Crippen LogP contribution in [-0.4, -0.2) is 33.9 Å². The van der Waals surface area contributed by atoms with Crippen LogP contribution in [-0.2, 0) is 12.8 Å². The number of imidazole rings is 1. The fourth-order valence-electron chi connectivity index (χ4n) is 3.95. The van der Waals surface area contributed by atoms with Crippen LogP contribution >= 0.6 is 0 Å². The summed E-state index contributed by atoms with van der Waals surface area (Å²) < 4.78 is 2.48. The molecule has 0 aromatic carbocycles. The summed E-state index contributed by atoms with van der Waals surface area (Å²) in [6.45, 7) is 2.37. The Kier molecular flexibility index (Phi) is 3.39. The zero-order valence-corrected chi connectivity index (χ0v) is 12.1. The standard InChI is InChI=1S/C15H25N3O/c1-11-17-13-5-3-4-6-14(13)18(11)12-7-8-15(9-12,10-19)16-2/h12,16,19H,3-10H2,1-2H3. The number of aliphatic hydroxyl groups excluding tert-OH is 1. The van der Waals surface area contributed by atoms with Gasteiger partial charge >= 0.3 is 0 Å². The Morgan fingerprint density at radius 3 is 2.89 bits per heavy atom. The topological polar surface area (TPSA) is 50.1 Å². The Hall–Kier alpha value is -0.870. The highest BCUT2D eigenvalue weighted by Gasteiger charge is 2.39. The Morgan fingerprint density at radius 1 is 1.42 bits per heavy atom. The van der Waals surface area contributed by atoms with Crippen molar-refractivity contribution in [2.45, 2.75) is 63.5 Å². The fourth-order valence-corrected chi connectivity index (χ4v) is 3.95. The summed E-state index contributed by atoms with van der Waals surface area (Å²) in [5.74, 6) is 1.17. The molecule has 0 radical (unpaired) electrons. The van der Waals surface area contributed by atoms with Crippen molar-refractivity contribution >= 4 is 0 Å².